The highest BCUT2D eigenvalue weighted by Gasteiger charge is 2.11. The van der Waals surface area contributed by atoms with Gasteiger partial charge in [-0.2, -0.15) is 0 Å². The van der Waals surface area contributed by atoms with E-state index in [0.717, 1.165) is 0 Å². The molecular weight excluding hydrogens is 331 g/mol. The van der Waals surface area contributed by atoms with E-state index in [1.165, 1.54) is 23.5 Å². The fraction of sp³-hybridized carbons (Fsp3) is 0.0625. The van der Waals surface area contributed by atoms with Crippen LogP contribution in [-0.4, -0.2) is 21.8 Å². The van der Waals surface area contributed by atoms with E-state index in [4.69, 9.17) is 5.73 Å². The lowest BCUT2D eigenvalue weighted by Crippen LogP contribution is -2.14. The van der Waals surface area contributed by atoms with Crippen molar-refractivity contribution in [2.24, 2.45) is 5.73 Å². The number of nitrogens with one attached hydrogen (secondary N) is 2. The minimum absolute atomic E-state index is 0.0582. The molecule has 0 fully saturated rings. The van der Waals surface area contributed by atoms with Crippen LogP contribution in [0.2, 0.25) is 0 Å². The van der Waals surface area contributed by atoms with Crippen molar-refractivity contribution in [2.45, 2.75) is 6.42 Å². The highest BCUT2D eigenvalue weighted by Crippen LogP contribution is 2.25. The number of rotatable bonds is 5. The van der Waals surface area contributed by atoms with Crippen LogP contribution in [0.15, 0.2) is 41.9 Å². The van der Waals surface area contributed by atoms with Crippen molar-refractivity contribution in [3.63, 3.8) is 0 Å². The van der Waals surface area contributed by atoms with Gasteiger partial charge in [0.2, 0.25) is 5.91 Å². The van der Waals surface area contributed by atoms with Gasteiger partial charge in [-0.1, -0.05) is 12.1 Å². The molecule has 2 amide bonds. The standard InChI is InChI=1S/C16H13FN4O2S/c17-11-3-1-2-9(4-11)5-14(22)21-16-20-13(8-24-16)10-6-12(15(18)23)19-7-10/h1-4,6-8,19H,5H2,(H2,18,23)(H,20,21,22). The number of anilines is 1. The first-order valence-electron chi connectivity index (χ1n) is 6.99. The Morgan fingerprint density at radius 3 is 2.88 bits per heavy atom. The summed E-state index contributed by atoms with van der Waals surface area (Å²) in [5.41, 5.74) is 7.37. The van der Waals surface area contributed by atoms with Crippen molar-refractivity contribution < 1.29 is 14.0 Å². The number of hydrogen-bond donors (Lipinski definition) is 3. The SMILES string of the molecule is NC(=O)c1cc(-c2csc(NC(=O)Cc3cccc(F)c3)n2)c[nH]1. The highest BCUT2D eigenvalue weighted by atomic mass is 32.1. The quantitative estimate of drug-likeness (QED) is 0.663. The number of aromatic amines is 1. The van der Waals surface area contributed by atoms with Gasteiger partial charge in [0.25, 0.3) is 5.91 Å². The van der Waals surface area contributed by atoms with E-state index in [1.54, 1.807) is 29.8 Å². The average Bonchev–Trinajstić information content (AvgIpc) is 3.15. The monoisotopic (exact) mass is 344 g/mol. The molecule has 2 heterocycles. The summed E-state index contributed by atoms with van der Waals surface area (Å²) in [5, 5.41) is 4.85. The van der Waals surface area contributed by atoms with Gasteiger partial charge in [-0.05, 0) is 23.8 Å². The molecule has 122 valence electrons. The third-order valence-electron chi connectivity index (χ3n) is 3.25. The summed E-state index contributed by atoms with van der Waals surface area (Å²) >= 11 is 1.26. The molecule has 4 N–H and O–H groups in total. The molecule has 0 radical (unpaired) electrons. The lowest BCUT2D eigenvalue weighted by Gasteiger charge is -2.02. The van der Waals surface area contributed by atoms with E-state index in [9.17, 15) is 14.0 Å². The maximum atomic E-state index is 13.1. The molecule has 0 spiro atoms. The maximum absolute atomic E-state index is 13.1. The summed E-state index contributed by atoms with van der Waals surface area (Å²) in [6, 6.07) is 7.47. The highest BCUT2D eigenvalue weighted by molar-refractivity contribution is 7.14. The van der Waals surface area contributed by atoms with Crippen molar-refractivity contribution in [3.05, 3.63) is 59.0 Å². The van der Waals surface area contributed by atoms with E-state index in [-0.39, 0.29) is 23.8 Å². The number of halogens is 1. The summed E-state index contributed by atoms with van der Waals surface area (Å²) in [7, 11) is 0. The number of H-pyrrole nitrogens is 1. The Hall–Kier alpha value is -3.00. The number of thiazole rings is 1. The Bertz CT molecular complexity index is 903. The topological polar surface area (TPSA) is 101 Å². The molecule has 0 unspecified atom stereocenters. The second kappa shape index (κ2) is 6.63. The Balaban J connectivity index is 1.67. The first-order chi connectivity index (χ1) is 11.5. The van der Waals surface area contributed by atoms with Gasteiger partial charge in [-0.3, -0.25) is 9.59 Å². The van der Waals surface area contributed by atoms with Crippen LogP contribution >= 0.6 is 11.3 Å². The fourth-order valence-electron chi connectivity index (χ4n) is 2.14. The van der Waals surface area contributed by atoms with Gasteiger partial charge in [-0.25, -0.2) is 9.37 Å². The second-order valence-corrected chi connectivity index (χ2v) is 5.92. The third-order valence-corrected chi connectivity index (χ3v) is 4.01. The van der Waals surface area contributed by atoms with E-state index in [1.807, 2.05) is 0 Å². The fourth-order valence-corrected chi connectivity index (χ4v) is 2.88. The second-order valence-electron chi connectivity index (χ2n) is 5.06. The number of nitrogens with two attached hydrogens (primary N) is 1. The van der Waals surface area contributed by atoms with Crippen molar-refractivity contribution in [1.29, 1.82) is 0 Å². The van der Waals surface area contributed by atoms with Crippen molar-refractivity contribution >= 4 is 28.3 Å². The predicted octanol–water partition coefficient (Wildman–Crippen LogP) is 2.56. The summed E-state index contributed by atoms with van der Waals surface area (Å²) in [6.45, 7) is 0. The molecule has 0 atom stereocenters. The Morgan fingerprint density at radius 2 is 2.17 bits per heavy atom. The Labute approximate surface area is 140 Å². The van der Waals surface area contributed by atoms with Crippen LogP contribution in [0.4, 0.5) is 9.52 Å². The van der Waals surface area contributed by atoms with Crippen LogP contribution in [0.3, 0.4) is 0 Å². The van der Waals surface area contributed by atoms with Crippen LogP contribution in [0.25, 0.3) is 11.3 Å². The van der Waals surface area contributed by atoms with Gasteiger partial charge >= 0.3 is 0 Å². The van der Waals surface area contributed by atoms with Crippen LogP contribution in [0.1, 0.15) is 16.1 Å². The molecule has 1 aromatic carbocycles. The molecule has 0 saturated carbocycles. The summed E-state index contributed by atoms with van der Waals surface area (Å²) in [6.07, 6.45) is 1.68. The molecule has 3 rings (SSSR count). The van der Waals surface area contributed by atoms with E-state index in [2.05, 4.69) is 15.3 Å². The maximum Gasteiger partial charge on any atom is 0.265 e. The minimum Gasteiger partial charge on any atom is -0.364 e. The summed E-state index contributed by atoms with van der Waals surface area (Å²) in [5.74, 6) is -1.22. The Morgan fingerprint density at radius 1 is 1.33 bits per heavy atom. The Kier molecular flexibility index (Phi) is 4.39. The number of amides is 2. The van der Waals surface area contributed by atoms with Crippen LogP contribution in [0, 0.1) is 5.82 Å². The number of benzene rings is 1. The largest absolute Gasteiger partial charge is 0.364 e. The zero-order valence-corrected chi connectivity index (χ0v) is 13.2. The molecule has 2 aromatic heterocycles. The molecule has 0 aliphatic rings. The van der Waals surface area contributed by atoms with Gasteiger partial charge in [0.05, 0.1) is 12.1 Å². The molecule has 8 heteroatoms. The number of nitrogens with zero attached hydrogens (tertiary/aromatic N) is 1. The number of carbonyl (C=O) groups excluding carboxylic acids is 2. The van der Waals surface area contributed by atoms with Gasteiger partial charge in [0, 0.05) is 17.1 Å². The summed E-state index contributed by atoms with van der Waals surface area (Å²) in [4.78, 5) is 30.1. The van der Waals surface area contributed by atoms with Crippen molar-refractivity contribution in [2.75, 3.05) is 5.32 Å². The summed E-state index contributed by atoms with van der Waals surface area (Å²) < 4.78 is 13.1. The molecule has 3 aromatic rings. The number of carbonyl (C=O) groups is 2. The van der Waals surface area contributed by atoms with Gasteiger partial charge in [-0.15, -0.1) is 11.3 Å². The zero-order valence-electron chi connectivity index (χ0n) is 12.4. The molecule has 0 bridgehead atoms. The van der Waals surface area contributed by atoms with Crippen molar-refractivity contribution in [1.82, 2.24) is 9.97 Å². The van der Waals surface area contributed by atoms with Gasteiger partial charge in [0.15, 0.2) is 5.13 Å². The average molecular weight is 344 g/mol. The molecule has 0 saturated heterocycles. The first-order valence-corrected chi connectivity index (χ1v) is 7.87. The first kappa shape index (κ1) is 15.9. The molecule has 24 heavy (non-hydrogen) atoms. The number of primary amides is 1. The van der Waals surface area contributed by atoms with E-state index in [0.29, 0.717) is 22.0 Å². The molecule has 6 nitrogen and oxygen atoms in total. The van der Waals surface area contributed by atoms with Gasteiger partial charge < -0.3 is 16.0 Å². The third kappa shape index (κ3) is 3.66. The van der Waals surface area contributed by atoms with Gasteiger partial charge in [0.1, 0.15) is 11.5 Å². The minimum atomic E-state index is -0.555. The van der Waals surface area contributed by atoms with E-state index >= 15 is 0 Å². The lowest BCUT2D eigenvalue weighted by atomic mass is 10.1. The van der Waals surface area contributed by atoms with Crippen LogP contribution < -0.4 is 11.1 Å². The number of aromatic nitrogens is 2. The predicted molar refractivity (Wildman–Crippen MR) is 89.2 cm³/mol. The molecule has 0 aliphatic carbocycles. The molecule has 0 aliphatic heterocycles. The van der Waals surface area contributed by atoms with E-state index < -0.39 is 5.91 Å². The van der Waals surface area contributed by atoms with Crippen LogP contribution in [-0.2, 0) is 11.2 Å². The number of hydrogen-bond acceptors (Lipinski definition) is 4. The molecular formula is C16H13FN4O2S. The normalized spacial score (nSPS) is 10.5. The smallest absolute Gasteiger partial charge is 0.265 e. The lowest BCUT2D eigenvalue weighted by molar-refractivity contribution is -0.115. The zero-order chi connectivity index (χ0) is 17.1. The van der Waals surface area contributed by atoms with Crippen molar-refractivity contribution in [3.8, 4) is 11.3 Å². The van der Waals surface area contributed by atoms with Crippen LogP contribution in [0.5, 0.6) is 0 Å².